The molecule has 3 aliphatic rings. The first-order chi connectivity index (χ1) is 27.1. The summed E-state index contributed by atoms with van der Waals surface area (Å²) in [6.07, 6.45) is 6.04. The number of aliphatic hydroxyl groups is 1. The van der Waals surface area contributed by atoms with Crippen LogP contribution in [0.15, 0.2) is 59.5 Å². The average Bonchev–Trinajstić information content (AvgIpc) is 3.82. The number of amides is 2. The van der Waals surface area contributed by atoms with Gasteiger partial charge in [0.05, 0.1) is 47.2 Å². The molecule has 5 heterocycles. The smallest absolute Gasteiger partial charge is 0.317 e. The van der Waals surface area contributed by atoms with Crippen LogP contribution in [0.2, 0.25) is 5.02 Å². The van der Waals surface area contributed by atoms with E-state index < -0.39 is 0 Å². The van der Waals surface area contributed by atoms with Gasteiger partial charge in [-0.25, -0.2) is 19.4 Å². The van der Waals surface area contributed by atoms with Crippen LogP contribution < -0.4 is 20.9 Å². The highest BCUT2D eigenvalue weighted by molar-refractivity contribution is 6.36. The summed E-state index contributed by atoms with van der Waals surface area (Å²) in [6, 6.07) is 16.2. The summed E-state index contributed by atoms with van der Waals surface area (Å²) in [5, 5.41) is 21.9. The second-order valence-electron chi connectivity index (χ2n) is 14.7. The number of carbonyl (C=O) groups is 1. The van der Waals surface area contributed by atoms with Crippen LogP contribution >= 0.6 is 11.6 Å². The maximum atomic E-state index is 13.1. The topological polar surface area (TPSA) is 138 Å². The summed E-state index contributed by atoms with van der Waals surface area (Å²) in [7, 11) is 3.32. The van der Waals surface area contributed by atoms with Gasteiger partial charge in [-0.1, -0.05) is 62.7 Å². The van der Waals surface area contributed by atoms with Gasteiger partial charge in [0.25, 0.3) is 5.56 Å². The molecule has 2 amide bonds. The molecule has 1 aliphatic carbocycles. The quantitative estimate of drug-likeness (QED) is 0.142. The minimum atomic E-state index is -0.254. The summed E-state index contributed by atoms with van der Waals surface area (Å²) < 4.78 is 7.34. The number of nitrogens with zero attached hydrogens (tertiary/aromatic N) is 6. The first-order valence-electron chi connectivity index (χ1n) is 19.6. The maximum Gasteiger partial charge on any atom is 0.317 e. The summed E-state index contributed by atoms with van der Waals surface area (Å²) in [5.74, 6) is 1.07. The van der Waals surface area contributed by atoms with E-state index >= 15 is 0 Å². The predicted molar refractivity (Wildman–Crippen MR) is 222 cm³/mol. The normalized spacial score (nSPS) is 19.2. The fourth-order valence-electron chi connectivity index (χ4n) is 8.77. The molecule has 2 aromatic carbocycles. The van der Waals surface area contributed by atoms with E-state index in [-0.39, 0.29) is 29.8 Å². The van der Waals surface area contributed by atoms with Gasteiger partial charge in [0.1, 0.15) is 5.82 Å². The third-order valence-electron chi connectivity index (χ3n) is 11.4. The maximum absolute atomic E-state index is 13.1. The zero-order chi connectivity index (χ0) is 39.7. The first kappa shape index (κ1) is 39.2. The molecule has 5 aromatic rings. The van der Waals surface area contributed by atoms with Crippen molar-refractivity contribution in [3.8, 4) is 28.3 Å². The highest BCUT2D eigenvalue weighted by Gasteiger charge is 2.46. The lowest BCUT2D eigenvalue weighted by atomic mass is 9.91. The number of halogens is 1. The van der Waals surface area contributed by atoms with E-state index in [1.807, 2.05) is 51.1 Å². The highest BCUT2D eigenvalue weighted by Crippen LogP contribution is 2.46. The highest BCUT2D eigenvalue weighted by atomic mass is 35.5. The molecule has 12 nitrogen and oxygen atoms in total. The van der Waals surface area contributed by atoms with E-state index in [0.717, 1.165) is 84.4 Å². The number of rotatable bonds is 9. The number of nitrogens with one attached hydrogen (secondary N) is 2. The molecule has 2 fully saturated rings. The van der Waals surface area contributed by atoms with E-state index in [4.69, 9.17) is 21.3 Å². The first-order valence-corrected chi connectivity index (χ1v) is 20.0. The van der Waals surface area contributed by atoms with Crippen LogP contribution in [0.5, 0.6) is 5.88 Å². The van der Waals surface area contributed by atoms with Crippen LogP contribution in [0.3, 0.4) is 0 Å². The number of carbonyl (C=O) groups excluding carboxylic acids is 1. The summed E-state index contributed by atoms with van der Waals surface area (Å²) in [6.45, 7) is 10.7. The number of pyridine rings is 2. The number of fused-ring (bicyclic) bond motifs is 2. The molecule has 2 aliphatic heterocycles. The SMILES string of the molecule is CC.CCc1c(-c2cc3c(c(OC)n2)C(N2CCC4(CCN(CCO)C(=O)N4)C2)CC3)cccc1-c1cccc(Nc2nc(C)cc3cnn(C)c(=O)c23)c1Cl. The Labute approximate surface area is 332 Å². The van der Waals surface area contributed by atoms with Gasteiger partial charge in [-0.3, -0.25) is 9.69 Å². The monoisotopic (exact) mass is 778 g/mol. The molecule has 2 saturated heterocycles. The molecule has 56 heavy (non-hydrogen) atoms. The number of aromatic nitrogens is 4. The second-order valence-corrected chi connectivity index (χ2v) is 15.0. The fourth-order valence-corrected chi connectivity index (χ4v) is 9.05. The van der Waals surface area contributed by atoms with Gasteiger partial charge < -0.3 is 25.4 Å². The number of aliphatic hydroxyl groups excluding tert-OH is 1. The lowest BCUT2D eigenvalue weighted by Gasteiger charge is -2.40. The third kappa shape index (κ3) is 7.10. The summed E-state index contributed by atoms with van der Waals surface area (Å²) >= 11 is 7.21. The molecule has 1 spiro atoms. The van der Waals surface area contributed by atoms with Crippen LogP contribution in [0.4, 0.5) is 16.3 Å². The van der Waals surface area contributed by atoms with Crippen molar-refractivity contribution in [3.63, 3.8) is 0 Å². The van der Waals surface area contributed by atoms with Crippen LogP contribution in [0, 0.1) is 6.92 Å². The van der Waals surface area contributed by atoms with Gasteiger partial charge in [0.2, 0.25) is 5.88 Å². The molecule has 2 unspecified atom stereocenters. The molecule has 13 heteroatoms. The Hall–Kier alpha value is -5.04. The van der Waals surface area contributed by atoms with Crippen molar-refractivity contribution in [2.75, 3.05) is 45.2 Å². The van der Waals surface area contributed by atoms with Crippen LogP contribution in [-0.4, -0.2) is 86.1 Å². The molecule has 0 saturated carbocycles. The van der Waals surface area contributed by atoms with E-state index in [9.17, 15) is 14.7 Å². The van der Waals surface area contributed by atoms with E-state index in [2.05, 4.69) is 50.7 Å². The Kier molecular flexibility index (Phi) is 11.3. The third-order valence-corrected chi connectivity index (χ3v) is 11.8. The Morgan fingerprint density at radius 2 is 1.80 bits per heavy atom. The fraction of sp³-hybridized carbons (Fsp3) is 0.419. The number of ether oxygens (including phenoxy) is 1. The number of hydrogen-bond acceptors (Lipinski definition) is 9. The Morgan fingerprint density at radius 1 is 1.05 bits per heavy atom. The van der Waals surface area contributed by atoms with Crippen LogP contribution in [0.25, 0.3) is 33.2 Å². The molecular weight excluding hydrogens is 728 g/mol. The standard InChI is InChI=1S/C41H45ClN8O4.C2H6/c1-5-27-28(30-10-7-11-31(36(30)42)45-37-35-26(20-24(2)44-37)22-43-48(3)39(35)52)8-6-9-29(27)32-21-25-12-13-33(34(25)38(46-32)54-4)50-17-15-41(23-50)14-16-49(18-19-51)40(53)47-41;1-2/h6-11,20-22,33,51H,5,12-19,23H2,1-4H3,(H,44,45)(H,47,53);1-2H3. The number of aryl methyl sites for hydroxylation is 3. The predicted octanol–water partition coefficient (Wildman–Crippen LogP) is 7.20. The van der Waals surface area contributed by atoms with E-state index in [1.54, 1.807) is 25.3 Å². The van der Waals surface area contributed by atoms with Crippen molar-refractivity contribution in [1.82, 2.24) is 34.9 Å². The van der Waals surface area contributed by atoms with Crippen molar-refractivity contribution >= 4 is 39.9 Å². The van der Waals surface area contributed by atoms with Gasteiger partial charge in [-0.05, 0) is 73.9 Å². The molecular formula is C43H51ClN8O4. The number of methoxy groups -OCH3 is 1. The van der Waals surface area contributed by atoms with E-state index in [0.29, 0.717) is 46.3 Å². The molecule has 0 radical (unpaired) electrons. The number of β-amino-alcohol motifs (C(OH)–C–C–N with tert-alkyl or cyclic N) is 1. The zero-order valence-corrected chi connectivity index (χ0v) is 33.8. The molecule has 3 aromatic heterocycles. The van der Waals surface area contributed by atoms with Crippen molar-refractivity contribution in [2.45, 2.75) is 71.4 Å². The number of urea groups is 1. The van der Waals surface area contributed by atoms with Crippen molar-refractivity contribution in [1.29, 1.82) is 0 Å². The Bertz CT molecular complexity index is 2350. The molecule has 0 bridgehead atoms. The molecule has 8 rings (SSSR count). The molecule has 2 atom stereocenters. The summed E-state index contributed by atoms with van der Waals surface area (Å²) in [4.78, 5) is 40.0. The van der Waals surface area contributed by atoms with Crippen molar-refractivity contribution < 1.29 is 14.6 Å². The Morgan fingerprint density at radius 3 is 2.55 bits per heavy atom. The Balaban J connectivity index is 0.00000237. The van der Waals surface area contributed by atoms with Gasteiger partial charge >= 0.3 is 6.03 Å². The van der Waals surface area contributed by atoms with Crippen LogP contribution in [-0.2, 0) is 19.9 Å². The van der Waals surface area contributed by atoms with Crippen molar-refractivity contribution in [2.24, 2.45) is 7.05 Å². The van der Waals surface area contributed by atoms with Gasteiger partial charge in [0.15, 0.2) is 0 Å². The number of hydrogen-bond donors (Lipinski definition) is 3. The van der Waals surface area contributed by atoms with Gasteiger partial charge in [0, 0.05) is 67.0 Å². The lowest BCUT2D eigenvalue weighted by Crippen LogP contribution is -2.61. The lowest BCUT2D eigenvalue weighted by molar-refractivity contribution is 0.127. The zero-order valence-electron chi connectivity index (χ0n) is 33.1. The van der Waals surface area contributed by atoms with Crippen molar-refractivity contribution in [3.05, 3.63) is 92.5 Å². The molecule has 3 N–H and O–H groups in total. The second kappa shape index (κ2) is 16.2. The van der Waals surface area contributed by atoms with Crippen LogP contribution in [0.1, 0.15) is 68.5 Å². The molecule has 294 valence electrons. The number of likely N-dealkylation sites (tertiary alicyclic amines) is 1. The van der Waals surface area contributed by atoms with Gasteiger partial charge in [-0.2, -0.15) is 5.10 Å². The summed E-state index contributed by atoms with van der Waals surface area (Å²) in [5.41, 5.74) is 8.13. The van der Waals surface area contributed by atoms with Gasteiger partial charge in [-0.15, -0.1) is 0 Å². The minimum Gasteiger partial charge on any atom is -0.481 e. The van der Waals surface area contributed by atoms with E-state index in [1.165, 1.54) is 10.2 Å². The number of anilines is 2. The largest absolute Gasteiger partial charge is 0.481 e. The number of benzene rings is 2. The average molecular weight is 779 g/mol. The minimum absolute atomic E-state index is 0.0323.